The number of carboxylic acid groups (broad SMARTS) is 1. The maximum atomic E-state index is 11.7. The number of carbonyl (C=O) groups excluding carboxylic acids is 1. The molecule has 0 aliphatic rings. The van der Waals surface area contributed by atoms with Crippen molar-refractivity contribution in [3.63, 3.8) is 0 Å². The minimum Gasteiger partial charge on any atom is -0.481 e. The SMILES string of the molecule is O=C(OCC(O)C(C[C@H](O)CCO)C(=O)O)c1ccccc1. The Kier molecular flexibility index (Phi) is 7.51. The molecule has 3 atom stereocenters. The molecule has 1 aromatic rings. The van der Waals surface area contributed by atoms with Crippen LogP contribution in [0.5, 0.6) is 0 Å². The fourth-order valence-corrected chi connectivity index (χ4v) is 1.92. The highest BCUT2D eigenvalue weighted by atomic mass is 16.5. The van der Waals surface area contributed by atoms with Crippen LogP contribution in [0.3, 0.4) is 0 Å². The van der Waals surface area contributed by atoms with E-state index in [1.807, 2.05) is 0 Å². The van der Waals surface area contributed by atoms with E-state index in [9.17, 15) is 19.8 Å². The topological polar surface area (TPSA) is 124 Å². The van der Waals surface area contributed by atoms with Gasteiger partial charge >= 0.3 is 11.9 Å². The van der Waals surface area contributed by atoms with Crippen molar-refractivity contribution in [3.8, 4) is 0 Å². The summed E-state index contributed by atoms with van der Waals surface area (Å²) in [6.45, 7) is -0.775. The number of benzene rings is 1. The van der Waals surface area contributed by atoms with Crippen molar-refractivity contribution < 1.29 is 34.8 Å². The molecule has 22 heavy (non-hydrogen) atoms. The molecular formula is C15H20O7. The lowest BCUT2D eigenvalue weighted by atomic mass is 9.94. The lowest BCUT2D eigenvalue weighted by molar-refractivity contribution is -0.148. The van der Waals surface area contributed by atoms with E-state index in [4.69, 9.17) is 14.9 Å². The zero-order valence-electron chi connectivity index (χ0n) is 12.0. The minimum atomic E-state index is -1.45. The van der Waals surface area contributed by atoms with Gasteiger partial charge in [-0.25, -0.2) is 4.79 Å². The summed E-state index contributed by atoms with van der Waals surface area (Å²) in [5.41, 5.74) is 0.293. The predicted octanol–water partition coefficient (Wildman–Crippen LogP) is 0.0385. The van der Waals surface area contributed by atoms with E-state index in [0.717, 1.165) is 0 Å². The normalized spacial score (nSPS) is 14.9. The number of rotatable bonds is 9. The predicted molar refractivity (Wildman–Crippen MR) is 76.2 cm³/mol. The number of aliphatic carboxylic acids is 1. The Morgan fingerprint density at radius 3 is 2.32 bits per heavy atom. The molecule has 0 amide bonds. The van der Waals surface area contributed by atoms with Gasteiger partial charge in [0.05, 0.1) is 17.6 Å². The Morgan fingerprint density at radius 1 is 1.14 bits per heavy atom. The van der Waals surface area contributed by atoms with E-state index >= 15 is 0 Å². The molecule has 0 bridgehead atoms. The Bertz CT molecular complexity index is 474. The van der Waals surface area contributed by atoms with E-state index in [1.54, 1.807) is 18.2 Å². The van der Waals surface area contributed by atoms with Crippen molar-refractivity contribution in [2.45, 2.75) is 25.0 Å². The van der Waals surface area contributed by atoms with E-state index in [-0.39, 0.29) is 19.4 Å². The van der Waals surface area contributed by atoms with E-state index < -0.39 is 36.7 Å². The van der Waals surface area contributed by atoms with Gasteiger partial charge in [-0.05, 0) is 25.0 Å². The van der Waals surface area contributed by atoms with Gasteiger partial charge < -0.3 is 25.2 Å². The van der Waals surface area contributed by atoms with Crippen LogP contribution in [0.1, 0.15) is 23.2 Å². The fraction of sp³-hybridized carbons (Fsp3) is 0.467. The first-order chi connectivity index (χ1) is 10.5. The molecule has 122 valence electrons. The summed E-state index contributed by atoms with van der Waals surface area (Å²) < 4.78 is 4.88. The van der Waals surface area contributed by atoms with E-state index in [0.29, 0.717) is 5.56 Å². The zero-order valence-corrected chi connectivity index (χ0v) is 12.0. The number of carbonyl (C=O) groups is 2. The number of hydrogen-bond donors (Lipinski definition) is 4. The fourth-order valence-electron chi connectivity index (χ4n) is 1.92. The lowest BCUT2D eigenvalue weighted by Gasteiger charge is -2.21. The van der Waals surface area contributed by atoms with Crippen molar-refractivity contribution in [2.75, 3.05) is 13.2 Å². The summed E-state index contributed by atoms with van der Waals surface area (Å²) in [6, 6.07) is 8.11. The van der Waals surface area contributed by atoms with Crippen LogP contribution < -0.4 is 0 Å². The standard InChI is InChI=1S/C15H20O7/c16-7-6-11(17)8-12(14(19)20)13(18)9-22-15(21)10-4-2-1-3-5-10/h1-5,11-13,16-18H,6-9H2,(H,19,20)/t11-,12?,13?/m1/s1. The van der Waals surface area contributed by atoms with Crippen molar-refractivity contribution >= 4 is 11.9 Å². The van der Waals surface area contributed by atoms with Crippen LogP contribution in [-0.2, 0) is 9.53 Å². The number of ether oxygens (including phenoxy) is 1. The number of esters is 1. The first-order valence-electron chi connectivity index (χ1n) is 6.87. The molecular weight excluding hydrogens is 292 g/mol. The molecule has 0 aliphatic carbocycles. The molecule has 1 aromatic carbocycles. The summed E-state index contributed by atoms with van der Waals surface area (Å²) in [4.78, 5) is 22.8. The second-order valence-electron chi connectivity index (χ2n) is 4.88. The van der Waals surface area contributed by atoms with Crippen molar-refractivity contribution in [3.05, 3.63) is 35.9 Å². The van der Waals surface area contributed by atoms with Gasteiger partial charge in [0.25, 0.3) is 0 Å². The monoisotopic (exact) mass is 312 g/mol. The molecule has 0 heterocycles. The highest BCUT2D eigenvalue weighted by Crippen LogP contribution is 2.15. The first kappa shape index (κ1) is 18.1. The van der Waals surface area contributed by atoms with Crippen LogP contribution in [0.4, 0.5) is 0 Å². The largest absolute Gasteiger partial charge is 0.481 e. The van der Waals surface area contributed by atoms with Crippen LogP contribution in [0, 0.1) is 5.92 Å². The quantitative estimate of drug-likeness (QED) is 0.474. The van der Waals surface area contributed by atoms with Crippen molar-refractivity contribution in [1.82, 2.24) is 0 Å². The number of carboxylic acids is 1. The highest BCUT2D eigenvalue weighted by molar-refractivity contribution is 5.89. The smallest absolute Gasteiger partial charge is 0.338 e. The number of aliphatic hydroxyl groups excluding tert-OH is 3. The average molecular weight is 312 g/mol. The van der Waals surface area contributed by atoms with Gasteiger partial charge in [-0.3, -0.25) is 4.79 Å². The summed E-state index contributed by atoms with van der Waals surface area (Å²) in [5, 5.41) is 37.1. The van der Waals surface area contributed by atoms with E-state index in [2.05, 4.69) is 0 Å². The molecule has 1 rings (SSSR count). The summed E-state index contributed by atoms with van der Waals surface area (Å²) in [6.07, 6.45) is -2.72. The van der Waals surface area contributed by atoms with Gasteiger partial charge in [0.15, 0.2) is 0 Å². The number of aliphatic hydroxyl groups is 3. The Hall–Kier alpha value is -1.96. The third-order valence-electron chi connectivity index (χ3n) is 3.16. The molecule has 0 saturated heterocycles. The zero-order chi connectivity index (χ0) is 16.5. The van der Waals surface area contributed by atoms with Gasteiger partial charge in [0.2, 0.25) is 0 Å². The molecule has 0 fully saturated rings. The van der Waals surface area contributed by atoms with E-state index in [1.165, 1.54) is 12.1 Å². The average Bonchev–Trinajstić information content (AvgIpc) is 2.50. The first-order valence-corrected chi connectivity index (χ1v) is 6.87. The Morgan fingerprint density at radius 2 is 1.77 bits per heavy atom. The lowest BCUT2D eigenvalue weighted by Crippen LogP contribution is -2.35. The van der Waals surface area contributed by atoms with Crippen LogP contribution in [0.25, 0.3) is 0 Å². The van der Waals surface area contributed by atoms with Gasteiger partial charge in [0.1, 0.15) is 12.7 Å². The highest BCUT2D eigenvalue weighted by Gasteiger charge is 2.30. The molecule has 2 unspecified atom stereocenters. The van der Waals surface area contributed by atoms with Gasteiger partial charge in [-0.2, -0.15) is 0 Å². The number of hydrogen-bond acceptors (Lipinski definition) is 6. The van der Waals surface area contributed by atoms with Crippen LogP contribution in [-0.4, -0.2) is 57.8 Å². The van der Waals surface area contributed by atoms with Crippen LogP contribution >= 0.6 is 0 Å². The molecule has 0 radical (unpaired) electrons. The molecule has 0 aromatic heterocycles. The van der Waals surface area contributed by atoms with Crippen molar-refractivity contribution in [1.29, 1.82) is 0 Å². The summed E-state index contributed by atoms with van der Waals surface area (Å²) in [7, 11) is 0. The second kappa shape index (κ2) is 9.14. The third-order valence-corrected chi connectivity index (χ3v) is 3.16. The summed E-state index contributed by atoms with van der Waals surface area (Å²) >= 11 is 0. The molecule has 7 heteroatoms. The van der Waals surface area contributed by atoms with Crippen molar-refractivity contribution in [2.24, 2.45) is 5.92 Å². The second-order valence-corrected chi connectivity index (χ2v) is 4.88. The van der Waals surface area contributed by atoms with Gasteiger partial charge in [-0.15, -0.1) is 0 Å². The third kappa shape index (κ3) is 5.80. The maximum Gasteiger partial charge on any atom is 0.338 e. The Balaban J connectivity index is 2.54. The molecule has 0 saturated carbocycles. The molecule has 0 spiro atoms. The summed E-state index contributed by atoms with van der Waals surface area (Å²) in [5.74, 6) is -3.26. The molecule has 4 N–H and O–H groups in total. The van der Waals surface area contributed by atoms with Crippen LogP contribution in [0.15, 0.2) is 30.3 Å². The molecule has 0 aliphatic heterocycles. The maximum absolute atomic E-state index is 11.7. The van der Waals surface area contributed by atoms with Gasteiger partial charge in [-0.1, -0.05) is 18.2 Å². The minimum absolute atomic E-state index is 0.0142. The van der Waals surface area contributed by atoms with Gasteiger partial charge in [0, 0.05) is 6.61 Å². The Labute approximate surface area is 127 Å². The molecule has 7 nitrogen and oxygen atoms in total. The van der Waals surface area contributed by atoms with Crippen LogP contribution in [0.2, 0.25) is 0 Å².